The Kier molecular flexibility index (Phi) is 8.39. The molecule has 0 aliphatic carbocycles. The zero-order chi connectivity index (χ0) is 25.4. The molecule has 35 heavy (non-hydrogen) atoms. The Hall–Kier alpha value is -4.40. The summed E-state index contributed by atoms with van der Waals surface area (Å²) in [5.41, 5.74) is 3.61. The number of nitrogens with one attached hydrogen (secondary N) is 2. The van der Waals surface area contributed by atoms with E-state index in [-0.39, 0.29) is 11.9 Å². The summed E-state index contributed by atoms with van der Waals surface area (Å²) in [6, 6.07) is 14.6. The number of aromatic amines is 1. The number of hydrogen-bond acceptors (Lipinski definition) is 6. The van der Waals surface area contributed by atoms with Crippen molar-refractivity contribution in [1.29, 1.82) is 0 Å². The minimum Gasteiger partial charge on any atom is -0.478 e. The quantitative estimate of drug-likeness (QED) is 0.289. The van der Waals surface area contributed by atoms with Crippen LogP contribution in [-0.4, -0.2) is 44.9 Å². The molecule has 1 atom stereocenters. The smallest absolute Gasteiger partial charge is 0.336 e. The first-order chi connectivity index (χ1) is 16.8. The molecule has 0 bridgehead atoms. The number of benzene rings is 2. The zero-order valence-corrected chi connectivity index (χ0v) is 19.4. The Morgan fingerprint density at radius 1 is 1.03 bits per heavy atom. The number of carboxylic acids is 2. The average molecular weight is 478 g/mol. The number of ether oxygens (including phenoxy) is 1. The minimum atomic E-state index is -1.26. The van der Waals surface area contributed by atoms with Gasteiger partial charge in [-0.05, 0) is 29.7 Å². The van der Waals surface area contributed by atoms with E-state index in [4.69, 9.17) is 14.9 Å². The number of carboxylic acid groups (broad SMARTS) is 2. The molecule has 182 valence electrons. The highest BCUT2D eigenvalue weighted by Crippen LogP contribution is 2.42. The first-order valence-corrected chi connectivity index (χ1v) is 11.2. The highest BCUT2D eigenvalue weighted by molar-refractivity contribution is 5.95. The number of rotatable bonds is 7. The van der Waals surface area contributed by atoms with E-state index < -0.39 is 11.9 Å². The van der Waals surface area contributed by atoms with Gasteiger partial charge in [0.05, 0.1) is 12.2 Å². The Bertz CT molecular complexity index is 1270. The second kappa shape index (κ2) is 11.6. The van der Waals surface area contributed by atoms with Crippen LogP contribution in [0.1, 0.15) is 43.7 Å². The number of anilines is 1. The van der Waals surface area contributed by atoms with Crippen molar-refractivity contribution in [3.8, 4) is 0 Å². The molecule has 0 saturated carbocycles. The molecule has 0 saturated heterocycles. The fourth-order valence-corrected chi connectivity index (χ4v) is 3.93. The number of fused-ring (bicyclic) bond motifs is 2. The largest absolute Gasteiger partial charge is 0.478 e. The van der Waals surface area contributed by atoms with Crippen LogP contribution in [0, 0.1) is 0 Å². The molecule has 2 heterocycles. The molecule has 1 aliphatic heterocycles. The van der Waals surface area contributed by atoms with E-state index in [2.05, 4.69) is 52.8 Å². The predicted molar refractivity (Wildman–Crippen MR) is 131 cm³/mol. The van der Waals surface area contributed by atoms with Crippen LogP contribution < -0.4 is 5.32 Å². The maximum absolute atomic E-state index is 12.9. The summed E-state index contributed by atoms with van der Waals surface area (Å²) in [5, 5.41) is 28.6. The highest BCUT2D eigenvalue weighted by Gasteiger charge is 2.35. The van der Waals surface area contributed by atoms with E-state index in [1.54, 1.807) is 0 Å². The van der Waals surface area contributed by atoms with E-state index in [1.807, 2.05) is 25.3 Å². The molecular weight excluding hydrogens is 450 g/mol. The van der Waals surface area contributed by atoms with Crippen molar-refractivity contribution < 1.29 is 29.3 Å². The van der Waals surface area contributed by atoms with Crippen molar-refractivity contribution in [2.24, 2.45) is 0 Å². The number of esters is 1. The molecule has 0 spiro atoms. The minimum absolute atomic E-state index is 0.204. The number of H-pyrrole nitrogens is 1. The van der Waals surface area contributed by atoms with Crippen LogP contribution in [0.25, 0.3) is 10.8 Å². The lowest BCUT2D eigenvalue weighted by Gasteiger charge is -2.28. The van der Waals surface area contributed by atoms with Crippen molar-refractivity contribution in [2.45, 2.75) is 32.6 Å². The van der Waals surface area contributed by atoms with Crippen molar-refractivity contribution >= 4 is 34.5 Å². The Morgan fingerprint density at radius 3 is 2.34 bits per heavy atom. The Labute approximate surface area is 202 Å². The molecule has 1 aromatic heterocycles. The van der Waals surface area contributed by atoms with Gasteiger partial charge in [0.1, 0.15) is 0 Å². The van der Waals surface area contributed by atoms with E-state index in [9.17, 15) is 14.4 Å². The van der Waals surface area contributed by atoms with Gasteiger partial charge in [-0.2, -0.15) is 5.10 Å². The predicted octanol–water partition coefficient (Wildman–Crippen LogP) is 4.45. The van der Waals surface area contributed by atoms with Crippen LogP contribution in [0.2, 0.25) is 0 Å². The third kappa shape index (κ3) is 6.14. The van der Waals surface area contributed by atoms with Crippen LogP contribution >= 0.6 is 0 Å². The van der Waals surface area contributed by atoms with Crippen molar-refractivity contribution in [1.82, 2.24) is 10.2 Å². The lowest BCUT2D eigenvalue weighted by atomic mass is 9.81. The molecule has 3 aromatic rings. The van der Waals surface area contributed by atoms with E-state index in [1.165, 1.54) is 5.39 Å². The Morgan fingerprint density at radius 2 is 1.71 bits per heavy atom. The summed E-state index contributed by atoms with van der Waals surface area (Å²) in [6.45, 7) is 4.29. The first-order valence-electron chi connectivity index (χ1n) is 11.2. The van der Waals surface area contributed by atoms with Crippen LogP contribution in [0.5, 0.6) is 0 Å². The van der Waals surface area contributed by atoms with Crippen LogP contribution in [0.4, 0.5) is 5.82 Å². The van der Waals surface area contributed by atoms with Crippen molar-refractivity contribution in [3.05, 3.63) is 83.2 Å². The molecule has 1 unspecified atom stereocenters. The van der Waals surface area contributed by atoms with E-state index in [0.717, 1.165) is 40.9 Å². The summed E-state index contributed by atoms with van der Waals surface area (Å²) >= 11 is 0. The van der Waals surface area contributed by atoms with Gasteiger partial charge in [-0.15, -0.1) is 0 Å². The van der Waals surface area contributed by atoms with Crippen LogP contribution in [0.3, 0.4) is 0 Å². The summed E-state index contributed by atoms with van der Waals surface area (Å²) in [4.78, 5) is 32.0. The van der Waals surface area contributed by atoms with Crippen LogP contribution in [0.15, 0.2) is 72.1 Å². The molecule has 1 aliphatic rings. The van der Waals surface area contributed by atoms with E-state index in [0.29, 0.717) is 24.3 Å². The standard InChI is InChI=1S/C22H23N3O2.C4H4O4/c1-3-7-18-20(22(26)27-4-2)19(17-13-23-25-21(17)24-18)16-11-10-14-8-5-6-9-15(14)12-16;5-3(6)1-2-4(7)8/h5-6,8-13,19H,3-4,7H2,1-2H3,(H2,23,24,25);1-2H,(H,5,6)(H,7,8). The van der Waals surface area contributed by atoms with E-state index >= 15 is 0 Å². The fraction of sp³-hybridized carbons (Fsp3) is 0.231. The number of allylic oxidation sites excluding steroid dienone is 1. The summed E-state index contributed by atoms with van der Waals surface area (Å²) < 4.78 is 5.42. The summed E-state index contributed by atoms with van der Waals surface area (Å²) in [5.74, 6) is -2.20. The second-order valence-electron chi connectivity index (χ2n) is 7.73. The summed E-state index contributed by atoms with van der Waals surface area (Å²) in [6.07, 6.45) is 4.68. The monoisotopic (exact) mass is 477 g/mol. The normalized spacial score (nSPS) is 14.6. The molecule has 2 aromatic carbocycles. The molecule has 0 amide bonds. The molecular formula is C26H27N3O6. The average Bonchev–Trinajstić information content (AvgIpc) is 3.30. The van der Waals surface area contributed by atoms with Gasteiger partial charge < -0.3 is 20.3 Å². The maximum Gasteiger partial charge on any atom is 0.336 e. The third-order valence-electron chi connectivity index (χ3n) is 5.33. The highest BCUT2D eigenvalue weighted by atomic mass is 16.5. The molecule has 9 nitrogen and oxygen atoms in total. The van der Waals surface area contributed by atoms with Gasteiger partial charge >= 0.3 is 17.9 Å². The van der Waals surface area contributed by atoms with Gasteiger partial charge in [0.15, 0.2) is 5.82 Å². The molecule has 0 fully saturated rings. The number of aliphatic carboxylic acids is 2. The molecule has 4 N–H and O–H groups in total. The van der Waals surface area contributed by atoms with Gasteiger partial charge in [0, 0.05) is 35.5 Å². The van der Waals surface area contributed by atoms with Crippen LogP contribution in [-0.2, 0) is 19.1 Å². The SMILES string of the molecule is CCCC1=C(C(=O)OCC)C(c2ccc3ccccc3c2)c2c[nH]nc2N1.O=C(O)C=CC(=O)O. The maximum atomic E-state index is 12.9. The number of carbonyl (C=O) groups excluding carboxylic acids is 1. The lowest BCUT2D eigenvalue weighted by Crippen LogP contribution is -2.25. The lowest BCUT2D eigenvalue weighted by molar-refractivity contribution is -0.139. The number of hydrogen-bond donors (Lipinski definition) is 4. The number of aromatic nitrogens is 2. The van der Waals surface area contributed by atoms with Gasteiger partial charge in [0.25, 0.3) is 0 Å². The Balaban J connectivity index is 0.000000371. The van der Waals surface area contributed by atoms with Gasteiger partial charge in [-0.1, -0.05) is 55.8 Å². The third-order valence-corrected chi connectivity index (χ3v) is 5.33. The summed E-state index contributed by atoms with van der Waals surface area (Å²) in [7, 11) is 0. The van der Waals surface area contributed by atoms with Gasteiger partial charge in [-0.25, -0.2) is 14.4 Å². The van der Waals surface area contributed by atoms with Gasteiger partial charge in [-0.3, -0.25) is 5.10 Å². The second-order valence-corrected chi connectivity index (χ2v) is 7.73. The van der Waals surface area contributed by atoms with Crippen molar-refractivity contribution in [2.75, 3.05) is 11.9 Å². The van der Waals surface area contributed by atoms with Crippen molar-refractivity contribution in [3.63, 3.8) is 0 Å². The zero-order valence-electron chi connectivity index (χ0n) is 19.4. The molecule has 9 heteroatoms. The topological polar surface area (TPSA) is 142 Å². The first kappa shape index (κ1) is 25.2. The molecule has 0 radical (unpaired) electrons. The number of carbonyl (C=O) groups is 3. The van der Waals surface area contributed by atoms with Gasteiger partial charge in [0.2, 0.25) is 0 Å². The molecule has 4 rings (SSSR count). The number of nitrogens with zero attached hydrogens (tertiary/aromatic N) is 1. The fourth-order valence-electron chi connectivity index (χ4n) is 3.93.